The van der Waals surface area contributed by atoms with E-state index < -0.39 is 0 Å². The van der Waals surface area contributed by atoms with Gasteiger partial charge in [0.1, 0.15) is 6.54 Å². The molecule has 1 saturated carbocycles. The molecule has 6 nitrogen and oxygen atoms in total. The van der Waals surface area contributed by atoms with E-state index in [2.05, 4.69) is 0 Å². The molecule has 2 saturated heterocycles. The highest BCUT2D eigenvalue weighted by Crippen LogP contribution is 2.32. The molecule has 0 bridgehead atoms. The van der Waals surface area contributed by atoms with Gasteiger partial charge in [0, 0.05) is 31.1 Å². The number of amides is 4. The van der Waals surface area contributed by atoms with Crippen molar-refractivity contribution < 1.29 is 14.4 Å². The van der Waals surface area contributed by atoms with Crippen LogP contribution in [-0.2, 0) is 9.59 Å². The summed E-state index contributed by atoms with van der Waals surface area (Å²) in [7, 11) is 0. The standard InChI is InChI=1S/C15H23N3O3/c1-10(2)14(20)16-7-5-11(6-8-16)17-9-13(19)18(15(17)21)12-3-4-12/h10-12H,3-9H2,1-2H3. The van der Waals surface area contributed by atoms with Gasteiger partial charge in [-0.25, -0.2) is 4.79 Å². The average molecular weight is 293 g/mol. The molecule has 0 aromatic carbocycles. The first kappa shape index (κ1) is 14.4. The Labute approximate surface area is 125 Å². The Bertz CT molecular complexity index is 465. The lowest BCUT2D eigenvalue weighted by atomic mass is 10.0. The van der Waals surface area contributed by atoms with Gasteiger partial charge in [-0.1, -0.05) is 13.8 Å². The van der Waals surface area contributed by atoms with Gasteiger partial charge in [-0.3, -0.25) is 14.5 Å². The second-order valence-corrected chi connectivity index (χ2v) is 6.62. The van der Waals surface area contributed by atoms with Gasteiger partial charge in [0.05, 0.1) is 0 Å². The van der Waals surface area contributed by atoms with E-state index in [1.807, 2.05) is 18.7 Å². The van der Waals surface area contributed by atoms with Crippen LogP contribution >= 0.6 is 0 Å². The quantitative estimate of drug-likeness (QED) is 0.731. The maximum atomic E-state index is 12.4. The minimum Gasteiger partial charge on any atom is -0.342 e. The molecule has 0 unspecified atom stereocenters. The second-order valence-electron chi connectivity index (χ2n) is 6.62. The maximum absolute atomic E-state index is 12.4. The Morgan fingerprint density at radius 3 is 2.19 bits per heavy atom. The van der Waals surface area contributed by atoms with Crippen LogP contribution in [0.3, 0.4) is 0 Å². The zero-order valence-corrected chi connectivity index (χ0v) is 12.7. The monoisotopic (exact) mass is 293 g/mol. The molecular formula is C15H23N3O3. The van der Waals surface area contributed by atoms with Gasteiger partial charge in [-0.2, -0.15) is 0 Å². The summed E-state index contributed by atoms with van der Waals surface area (Å²) in [6, 6.07) is 0.134. The van der Waals surface area contributed by atoms with E-state index in [-0.39, 0.29) is 42.4 Å². The van der Waals surface area contributed by atoms with Crippen molar-refractivity contribution in [2.45, 2.75) is 51.6 Å². The molecule has 116 valence electrons. The van der Waals surface area contributed by atoms with E-state index in [0.717, 1.165) is 25.7 Å². The Balaban J connectivity index is 1.59. The summed E-state index contributed by atoms with van der Waals surface area (Å²) in [6.07, 6.45) is 3.45. The van der Waals surface area contributed by atoms with E-state index in [4.69, 9.17) is 0 Å². The Kier molecular flexibility index (Phi) is 3.63. The molecule has 3 rings (SSSR count). The van der Waals surface area contributed by atoms with Crippen LogP contribution in [0.25, 0.3) is 0 Å². The topological polar surface area (TPSA) is 60.9 Å². The SMILES string of the molecule is CC(C)C(=O)N1CCC(N2CC(=O)N(C3CC3)C2=O)CC1. The molecule has 0 aromatic rings. The lowest BCUT2D eigenvalue weighted by molar-refractivity contribution is -0.136. The number of nitrogens with zero attached hydrogens (tertiary/aromatic N) is 3. The molecule has 0 aromatic heterocycles. The zero-order valence-electron chi connectivity index (χ0n) is 12.7. The first-order valence-electron chi connectivity index (χ1n) is 7.90. The minimum atomic E-state index is -0.115. The molecule has 3 fully saturated rings. The Hall–Kier alpha value is -1.59. The number of carbonyl (C=O) groups is 3. The highest BCUT2D eigenvalue weighted by atomic mass is 16.2. The van der Waals surface area contributed by atoms with Crippen LogP contribution in [0.5, 0.6) is 0 Å². The summed E-state index contributed by atoms with van der Waals surface area (Å²) in [5.74, 6) is 0.141. The fraction of sp³-hybridized carbons (Fsp3) is 0.800. The molecule has 2 aliphatic heterocycles. The lowest BCUT2D eigenvalue weighted by Crippen LogP contribution is -2.49. The van der Waals surface area contributed by atoms with Gasteiger partial charge in [0.25, 0.3) is 5.91 Å². The van der Waals surface area contributed by atoms with Gasteiger partial charge < -0.3 is 9.80 Å². The van der Waals surface area contributed by atoms with Crippen molar-refractivity contribution in [3.63, 3.8) is 0 Å². The first-order chi connectivity index (χ1) is 9.99. The molecule has 0 N–H and O–H groups in total. The molecule has 2 heterocycles. The molecule has 3 aliphatic rings. The van der Waals surface area contributed by atoms with Crippen LogP contribution in [0.2, 0.25) is 0 Å². The third-order valence-electron chi connectivity index (χ3n) is 4.65. The van der Waals surface area contributed by atoms with Crippen LogP contribution in [0.1, 0.15) is 39.5 Å². The summed E-state index contributed by atoms with van der Waals surface area (Å²) < 4.78 is 0. The average Bonchev–Trinajstić information content (AvgIpc) is 3.24. The fourth-order valence-corrected chi connectivity index (χ4v) is 3.28. The zero-order chi connectivity index (χ0) is 15.1. The van der Waals surface area contributed by atoms with Crippen molar-refractivity contribution >= 4 is 17.8 Å². The van der Waals surface area contributed by atoms with Crippen LogP contribution in [-0.4, -0.2) is 64.3 Å². The molecule has 1 aliphatic carbocycles. The van der Waals surface area contributed by atoms with Crippen molar-refractivity contribution in [1.29, 1.82) is 0 Å². The largest absolute Gasteiger partial charge is 0.342 e. The molecule has 0 radical (unpaired) electrons. The van der Waals surface area contributed by atoms with Crippen molar-refractivity contribution in [1.82, 2.24) is 14.7 Å². The number of carbonyl (C=O) groups excluding carboxylic acids is 3. The number of likely N-dealkylation sites (tertiary alicyclic amines) is 1. The number of urea groups is 1. The fourth-order valence-electron chi connectivity index (χ4n) is 3.28. The first-order valence-corrected chi connectivity index (χ1v) is 7.90. The third-order valence-corrected chi connectivity index (χ3v) is 4.65. The number of hydrogen-bond acceptors (Lipinski definition) is 3. The summed E-state index contributed by atoms with van der Waals surface area (Å²) in [5.41, 5.74) is 0. The lowest BCUT2D eigenvalue weighted by Gasteiger charge is -2.36. The molecule has 0 spiro atoms. The van der Waals surface area contributed by atoms with Gasteiger partial charge in [-0.05, 0) is 25.7 Å². The Morgan fingerprint density at radius 2 is 1.67 bits per heavy atom. The van der Waals surface area contributed by atoms with Crippen molar-refractivity contribution in [3.8, 4) is 0 Å². The van der Waals surface area contributed by atoms with Crippen LogP contribution in [0.4, 0.5) is 4.79 Å². The summed E-state index contributed by atoms with van der Waals surface area (Å²) in [4.78, 5) is 41.4. The highest BCUT2D eigenvalue weighted by molar-refractivity contribution is 6.02. The number of hydrogen-bond donors (Lipinski definition) is 0. The normalized spacial score (nSPS) is 24.4. The van der Waals surface area contributed by atoms with Gasteiger partial charge in [-0.15, -0.1) is 0 Å². The van der Waals surface area contributed by atoms with E-state index in [1.54, 1.807) is 4.90 Å². The van der Waals surface area contributed by atoms with Crippen molar-refractivity contribution in [2.75, 3.05) is 19.6 Å². The second kappa shape index (κ2) is 5.31. The predicted molar refractivity (Wildman–Crippen MR) is 76.4 cm³/mol. The molecule has 21 heavy (non-hydrogen) atoms. The molecule has 0 atom stereocenters. The number of piperidine rings is 1. The third kappa shape index (κ3) is 2.63. The van der Waals surface area contributed by atoms with E-state index in [9.17, 15) is 14.4 Å². The van der Waals surface area contributed by atoms with Gasteiger partial charge in [0.2, 0.25) is 5.91 Å². The number of imide groups is 1. The van der Waals surface area contributed by atoms with Crippen molar-refractivity contribution in [3.05, 3.63) is 0 Å². The predicted octanol–water partition coefficient (Wildman–Crippen LogP) is 1.06. The molecule has 6 heteroatoms. The van der Waals surface area contributed by atoms with Gasteiger partial charge in [0.15, 0.2) is 0 Å². The summed E-state index contributed by atoms with van der Waals surface area (Å²) in [6.45, 7) is 5.40. The minimum absolute atomic E-state index is 0.0157. The Morgan fingerprint density at radius 1 is 1.05 bits per heavy atom. The van der Waals surface area contributed by atoms with E-state index in [0.29, 0.717) is 13.1 Å². The van der Waals surface area contributed by atoms with Crippen LogP contribution in [0, 0.1) is 5.92 Å². The smallest absolute Gasteiger partial charge is 0.327 e. The van der Waals surface area contributed by atoms with Gasteiger partial charge >= 0.3 is 6.03 Å². The van der Waals surface area contributed by atoms with Crippen LogP contribution in [0.15, 0.2) is 0 Å². The highest BCUT2D eigenvalue weighted by Gasteiger charge is 2.47. The molecule has 4 amide bonds. The molecular weight excluding hydrogens is 270 g/mol. The number of rotatable bonds is 3. The van der Waals surface area contributed by atoms with E-state index in [1.165, 1.54) is 4.90 Å². The van der Waals surface area contributed by atoms with Crippen molar-refractivity contribution in [2.24, 2.45) is 5.92 Å². The summed E-state index contributed by atoms with van der Waals surface area (Å²) in [5, 5.41) is 0. The van der Waals surface area contributed by atoms with Crippen LogP contribution < -0.4 is 0 Å². The van der Waals surface area contributed by atoms with E-state index >= 15 is 0 Å². The summed E-state index contributed by atoms with van der Waals surface area (Å²) >= 11 is 0. The maximum Gasteiger partial charge on any atom is 0.327 e.